The zero-order valence-electron chi connectivity index (χ0n) is 12.1. The van der Waals surface area contributed by atoms with Crippen molar-refractivity contribution in [1.82, 2.24) is 5.43 Å². The average molecular weight is 286 g/mol. The van der Waals surface area contributed by atoms with E-state index >= 15 is 0 Å². The van der Waals surface area contributed by atoms with Crippen molar-refractivity contribution in [2.75, 3.05) is 5.75 Å². The van der Waals surface area contributed by atoms with Gasteiger partial charge in [-0.3, -0.25) is 5.84 Å². The van der Waals surface area contributed by atoms with Crippen molar-refractivity contribution in [3.05, 3.63) is 65.2 Å². The Morgan fingerprint density at radius 1 is 1.05 bits per heavy atom. The Kier molecular flexibility index (Phi) is 5.65. The minimum atomic E-state index is 0.0437. The number of hydrogen-bond donors (Lipinski definition) is 2. The molecular weight excluding hydrogens is 264 g/mol. The van der Waals surface area contributed by atoms with Crippen LogP contribution in [0.5, 0.6) is 0 Å². The first-order valence-electron chi connectivity index (χ1n) is 7.06. The van der Waals surface area contributed by atoms with E-state index in [0.717, 1.165) is 12.2 Å². The van der Waals surface area contributed by atoms with Crippen LogP contribution in [0.25, 0.3) is 0 Å². The van der Waals surface area contributed by atoms with Gasteiger partial charge in [-0.1, -0.05) is 50.2 Å². The number of thioether (sulfide) groups is 1. The molecule has 0 bridgehead atoms. The van der Waals surface area contributed by atoms with E-state index in [1.54, 1.807) is 0 Å². The first-order chi connectivity index (χ1) is 9.78. The molecule has 0 saturated carbocycles. The molecule has 0 radical (unpaired) electrons. The molecule has 0 heterocycles. The van der Waals surface area contributed by atoms with Crippen LogP contribution < -0.4 is 11.3 Å². The highest BCUT2D eigenvalue weighted by atomic mass is 32.2. The lowest BCUT2D eigenvalue weighted by atomic mass is 9.97. The van der Waals surface area contributed by atoms with Crippen LogP contribution in [0, 0.1) is 0 Å². The number of hydrazine groups is 1. The maximum atomic E-state index is 5.77. The van der Waals surface area contributed by atoms with Gasteiger partial charge in [-0.05, 0) is 41.0 Å². The summed E-state index contributed by atoms with van der Waals surface area (Å²) >= 11 is 1.85. The normalized spacial score (nSPS) is 12.3. The van der Waals surface area contributed by atoms with Crippen LogP contribution >= 0.6 is 11.8 Å². The first-order valence-corrected chi connectivity index (χ1v) is 8.04. The van der Waals surface area contributed by atoms with Gasteiger partial charge in [0.2, 0.25) is 0 Å². The third-order valence-corrected chi connectivity index (χ3v) is 4.28. The van der Waals surface area contributed by atoms with Gasteiger partial charge in [0.25, 0.3) is 0 Å². The van der Waals surface area contributed by atoms with Gasteiger partial charge in [-0.2, -0.15) is 0 Å². The predicted octanol–water partition coefficient (Wildman–Crippen LogP) is 3.91. The number of benzene rings is 2. The molecule has 3 heteroatoms. The maximum Gasteiger partial charge on any atom is 0.0710 e. The fourth-order valence-corrected chi connectivity index (χ4v) is 2.96. The van der Waals surface area contributed by atoms with Crippen LogP contribution in [0.1, 0.15) is 36.6 Å². The fraction of sp³-hybridized carbons (Fsp3) is 0.294. The second-order valence-corrected chi connectivity index (χ2v) is 6.04. The number of nitrogens with one attached hydrogen (secondary N) is 1. The molecule has 1 unspecified atom stereocenters. The maximum absolute atomic E-state index is 5.77. The van der Waals surface area contributed by atoms with Gasteiger partial charge in [0.1, 0.15) is 0 Å². The Balaban J connectivity index is 2.26. The highest BCUT2D eigenvalue weighted by Crippen LogP contribution is 2.25. The summed E-state index contributed by atoms with van der Waals surface area (Å²) in [5.41, 5.74) is 6.67. The Morgan fingerprint density at radius 2 is 1.80 bits per heavy atom. The zero-order chi connectivity index (χ0) is 14.4. The third-order valence-electron chi connectivity index (χ3n) is 3.38. The van der Waals surface area contributed by atoms with E-state index in [-0.39, 0.29) is 6.04 Å². The number of hydrogen-bond acceptors (Lipinski definition) is 3. The quantitative estimate of drug-likeness (QED) is 0.480. The van der Waals surface area contributed by atoms with Gasteiger partial charge >= 0.3 is 0 Å². The molecule has 0 saturated heterocycles. The Hall–Kier alpha value is -1.29. The molecule has 0 aliphatic heterocycles. The topological polar surface area (TPSA) is 38.0 Å². The van der Waals surface area contributed by atoms with Crippen molar-refractivity contribution in [2.24, 2.45) is 5.84 Å². The molecule has 2 rings (SSSR count). The van der Waals surface area contributed by atoms with Crippen LogP contribution in [-0.2, 0) is 6.42 Å². The summed E-state index contributed by atoms with van der Waals surface area (Å²) in [7, 11) is 0. The SMILES string of the molecule is CCSc1ccc(C(NN)c2cccc(CC)c2)cc1. The molecule has 0 spiro atoms. The molecular formula is C17H22N2S. The molecule has 2 aromatic carbocycles. The number of rotatable bonds is 6. The van der Waals surface area contributed by atoms with Crippen molar-refractivity contribution < 1.29 is 0 Å². The van der Waals surface area contributed by atoms with Gasteiger partial charge < -0.3 is 0 Å². The summed E-state index contributed by atoms with van der Waals surface area (Å²) in [6.07, 6.45) is 1.04. The average Bonchev–Trinajstić information content (AvgIpc) is 2.50. The Labute approximate surface area is 125 Å². The molecule has 0 aliphatic carbocycles. The van der Waals surface area contributed by atoms with E-state index in [4.69, 9.17) is 5.84 Å². The van der Waals surface area contributed by atoms with E-state index in [0.29, 0.717) is 0 Å². The van der Waals surface area contributed by atoms with E-state index in [9.17, 15) is 0 Å². The minimum absolute atomic E-state index is 0.0437. The molecule has 2 nitrogen and oxygen atoms in total. The molecule has 0 aromatic heterocycles. The van der Waals surface area contributed by atoms with E-state index in [1.165, 1.54) is 21.6 Å². The summed E-state index contributed by atoms with van der Waals surface area (Å²) in [5, 5.41) is 0. The number of nitrogens with two attached hydrogens (primary N) is 1. The Bertz CT molecular complexity index is 537. The second kappa shape index (κ2) is 7.48. The molecule has 2 aromatic rings. The van der Waals surface area contributed by atoms with Crippen LogP contribution in [0.4, 0.5) is 0 Å². The zero-order valence-corrected chi connectivity index (χ0v) is 12.9. The van der Waals surface area contributed by atoms with Gasteiger partial charge in [0.05, 0.1) is 6.04 Å². The molecule has 3 N–H and O–H groups in total. The lowest BCUT2D eigenvalue weighted by molar-refractivity contribution is 0.636. The lowest BCUT2D eigenvalue weighted by Crippen LogP contribution is -2.28. The minimum Gasteiger partial charge on any atom is -0.271 e. The summed E-state index contributed by atoms with van der Waals surface area (Å²) in [5.74, 6) is 6.86. The van der Waals surface area contributed by atoms with Gasteiger partial charge in [0, 0.05) is 4.90 Å². The molecule has 20 heavy (non-hydrogen) atoms. The van der Waals surface area contributed by atoms with Crippen LogP contribution in [0.2, 0.25) is 0 Å². The molecule has 106 valence electrons. The van der Waals surface area contributed by atoms with Crippen molar-refractivity contribution >= 4 is 11.8 Å². The molecule has 0 amide bonds. The van der Waals surface area contributed by atoms with Gasteiger partial charge in [-0.15, -0.1) is 11.8 Å². The van der Waals surface area contributed by atoms with Crippen molar-refractivity contribution in [1.29, 1.82) is 0 Å². The van der Waals surface area contributed by atoms with Crippen LogP contribution in [0.3, 0.4) is 0 Å². The molecule has 0 fully saturated rings. The van der Waals surface area contributed by atoms with E-state index in [1.807, 2.05) is 11.8 Å². The van der Waals surface area contributed by atoms with Crippen molar-refractivity contribution in [3.8, 4) is 0 Å². The summed E-state index contributed by atoms with van der Waals surface area (Å²) < 4.78 is 0. The molecule has 0 aliphatic rings. The van der Waals surface area contributed by atoms with Gasteiger partial charge in [0.15, 0.2) is 0 Å². The largest absolute Gasteiger partial charge is 0.271 e. The highest BCUT2D eigenvalue weighted by Gasteiger charge is 2.12. The summed E-state index contributed by atoms with van der Waals surface area (Å²) in [4.78, 5) is 1.30. The van der Waals surface area contributed by atoms with E-state index < -0.39 is 0 Å². The first kappa shape index (κ1) is 15.1. The highest BCUT2D eigenvalue weighted by molar-refractivity contribution is 7.99. The van der Waals surface area contributed by atoms with Crippen LogP contribution in [-0.4, -0.2) is 5.75 Å². The number of aryl methyl sites for hydroxylation is 1. The Morgan fingerprint density at radius 3 is 2.40 bits per heavy atom. The smallest absolute Gasteiger partial charge is 0.0710 e. The third kappa shape index (κ3) is 3.63. The fourth-order valence-electron chi connectivity index (χ4n) is 2.30. The lowest BCUT2D eigenvalue weighted by Gasteiger charge is -2.18. The van der Waals surface area contributed by atoms with Crippen molar-refractivity contribution in [3.63, 3.8) is 0 Å². The molecule has 1 atom stereocenters. The summed E-state index contributed by atoms with van der Waals surface area (Å²) in [6, 6.07) is 17.3. The second-order valence-electron chi connectivity index (χ2n) is 4.70. The van der Waals surface area contributed by atoms with Crippen molar-refractivity contribution in [2.45, 2.75) is 31.2 Å². The standard InChI is InChI=1S/C17H22N2S/c1-3-13-6-5-7-15(12-13)17(19-18)14-8-10-16(11-9-14)20-4-2/h5-12,17,19H,3-4,18H2,1-2H3. The van der Waals surface area contributed by atoms with E-state index in [2.05, 4.69) is 67.8 Å². The predicted molar refractivity (Wildman–Crippen MR) is 87.8 cm³/mol. The van der Waals surface area contributed by atoms with Gasteiger partial charge in [-0.25, -0.2) is 5.43 Å². The van der Waals surface area contributed by atoms with Crippen LogP contribution in [0.15, 0.2) is 53.4 Å². The monoisotopic (exact) mass is 286 g/mol. The summed E-state index contributed by atoms with van der Waals surface area (Å²) in [6.45, 7) is 4.33.